The lowest BCUT2D eigenvalue weighted by atomic mass is 10.1. The third kappa shape index (κ3) is 0.864. The molecule has 1 aliphatic heterocycles. The van der Waals surface area contributed by atoms with E-state index in [9.17, 15) is 0 Å². The van der Waals surface area contributed by atoms with Crippen LogP contribution in [0.4, 0.5) is 0 Å². The van der Waals surface area contributed by atoms with E-state index in [0.717, 1.165) is 6.54 Å². The van der Waals surface area contributed by atoms with Gasteiger partial charge in [0.05, 0.1) is 0 Å². The summed E-state index contributed by atoms with van der Waals surface area (Å²) in [5.74, 6) is 0.549. The fourth-order valence-corrected chi connectivity index (χ4v) is 1.72. The van der Waals surface area contributed by atoms with Crippen LogP contribution in [-0.4, -0.2) is 23.8 Å². The van der Waals surface area contributed by atoms with Gasteiger partial charge in [0.2, 0.25) is 0 Å². The summed E-state index contributed by atoms with van der Waals surface area (Å²) in [5.41, 5.74) is 0.507. The Labute approximate surface area is 55.3 Å². The van der Waals surface area contributed by atoms with Gasteiger partial charge in [0.15, 0.2) is 0 Å². The highest BCUT2D eigenvalue weighted by Gasteiger charge is 2.47. The molecule has 2 nitrogen and oxygen atoms in total. The molecule has 1 aliphatic carbocycles. The van der Waals surface area contributed by atoms with Crippen LogP contribution >= 0.6 is 0 Å². The molecule has 2 N–H and O–H groups in total. The summed E-state index contributed by atoms with van der Waals surface area (Å²) in [6.45, 7) is 1.41. The minimum atomic E-state index is 0.370. The minimum Gasteiger partial charge on any atom is -0.396 e. The van der Waals surface area contributed by atoms with Gasteiger partial charge in [-0.25, -0.2) is 0 Å². The topological polar surface area (TPSA) is 32.3 Å². The first-order chi connectivity index (χ1) is 4.35. The normalized spacial score (nSPS) is 37.7. The van der Waals surface area contributed by atoms with Crippen molar-refractivity contribution >= 4 is 0 Å². The van der Waals surface area contributed by atoms with Crippen molar-refractivity contribution < 1.29 is 5.11 Å². The maximum Gasteiger partial charge on any atom is 0.0472 e. The number of nitrogens with one attached hydrogen (secondary N) is 1. The van der Waals surface area contributed by atoms with Crippen LogP contribution in [0.25, 0.3) is 0 Å². The standard InChI is InChI=1S/C7H13NO/c9-5-6-3-7(1-2-7)8-4-6/h6,8-9H,1-5H2/t6-/m1/s1. The molecule has 2 aliphatic rings. The Hall–Kier alpha value is -0.0800. The van der Waals surface area contributed by atoms with Gasteiger partial charge in [0.25, 0.3) is 0 Å². The second-order valence-corrected chi connectivity index (χ2v) is 3.41. The van der Waals surface area contributed by atoms with E-state index in [2.05, 4.69) is 5.32 Å². The van der Waals surface area contributed by atoms with Crippen molar-refractivity contribution in [2.45, 2.75) is 24.8 Å². The lowest BCUT2D eigenvalue weighted by Gasteiger charge is -2.03. The van der Waals surface area contributed by atoms with Gasteiger partial charge < -0.3 is 10.4 Å². The van der Waals surface area contributed by atoms with Crippen molar-refractivity contribution in [3.8, 4) is 0 Å². The van der Waals surface area contributed by atoms with Crippen molar-refractivity contribution in [3.63, 3.8) is 0 Å². The molecule has 0 unspecified atom stereocenters. The quantitative estimate of drug-likeness (QED) is 0.524. The van der Waals surface area contributed by atoms with Crippen LogP contribution in [0, 0.1) is 5.92 Å². The summed E-state index contributed by atoms with van der Waals surface area (Å²) < 4.78 is 0. The van der Waals surface area contributed by atoms with Gasteiger partial charge in [0.1, 0.15) is 0 Å². The third-order valence-corrected chi connectivity index (χ3v) is 2.56. The van der Waals surface area contributed by atoms with E-state index < -0.39 is 0 Å². The van der Waals surface area contributed by atoms with Crippen molar-refractivity contribution in [1.82, 2.24) is 5.32 Å². The van der Waals surface area contributed by atoms with E-state index in [1.165, 1.54) is 19.3 Å². The molecule has 0 radical (unpaired) electrons. The Morgan fingerprint density at radius 1 is 1.56 bits per heavy atom. The molecule has 0 bridgehead atoms. The van der Waals surface area contributed by atoms with Crippen LogP contribution in [0.1, 0.15) is 19.3 Å². The van der Waals surface area contributed by atoms with Gasteiger partial charge in [-0.15, -0.1) is 0 Å². The molecule has 1 heterocycles. The molecule has 0 aromatic heterocycles. The number of hydrogen-bond acceptors (Lipinski definition) is 2. The van der Waals surface area contributed by atoms with Crippen LogP contribution < -0.4 is 5.32 Å². The second kappa shape index (κ2) is 1.70. The summed E-state index contributed by atoms with van der Waals surface area (Å²) in [7, 11) is 0. The van der Waals surface area contributed by atoms with Crippen molar-refractivity contribution in [2.24, 2.45) is 5.92 Å². The van der Waals surface area contributed by atoms with E-state index in [1.54, 1.807) is 0 Å². The molecule has 1 atom stereocenters. The monoisotopic (exact) mass is 127 g/mol. The van der Waals surface area contributed by atoms with Crippen LogP contribution in [0.3, 0.4) is 0 Å². The number of hydrogen-bond donors (Lipinski definition) is 2. The average Bonchev–Trinajstić information content (AvgIpc) is 2.44. The Kier molecular flexibility index (Phi) is 1.08. The lowest BCUT2D eigenvalue weighted by molar-refractivity contribution is 0.235. The third-order valence-electron chi connectivity index (χ3n) is 2.56. The van der Waals surface area contributed by atoms with Gasteiger partial charge in [-0.2, -0.15) is 0 Å². The van der Waals surface area contributed by atoms with Crippen molar-refractivity contribution in [1.29, 1.82) is 0 Å². The second-order valence-electron chi connectivity index (χ2n) is 3.41. The van der Waals surface area contributed by atoms with Crippen LogP contribution in [0.15, 0.2) is 0 Å². The molecule has 52 valence electrons. The van der Waals surface area contributed by atoms with E-state index >= 15 is 0 Å². The lowest BCUT2D eigenvalue weighted by Crippen LogP contribution is -2.22. The fraction of sp³-hybridized carbons (Fsp3) is 1.00. The molecule has 0 amide bonds. The molecule has 9 heavy (non-hydrogen) atoms. The molecule has 2 fully saturated rings. The zero-order valence-corrected chi connectivity index (χ0v) is 5.56. The molecule has 1 saturated heterocycles. The number of rotatable bonds is 1. The highest BCUT2D eigenvalue weighted by atomic mass is 16.3. The highest BCUT2D eigenvalue weighted by Crippen LogP contribution is 2.44. The predicted molar refractivity (Wildman–Crippen MR) is 35.2 cm³/mol. The molecular weight excluding hydrogens is 114 g/mol. The largest absolute Gasteiger partial charge is 0.396 e. The smallest absolute Gasteiger partial charge is 0.0472 e. The first-order valence-corrected chi connectivity index (χ1v) is 3.71. The number of aliphatic hydroxyl groups excluding tert-OH is 1. The zero-order valence-electron chi connectivity index (χ0n) is 5.56. The summed E-state index contributed by atoms with van der Waals surface area (Å²) >= 11 is 0. The van der Waals surface area contributed by atoms with Crippen LogP contribution in [0.2, 0.25) is 0 Å². The SMILES string of the molecule is OC[C@H]1CNC2(CC2)C1. The summed E-state index contributed by atoms with van der Waals surface area (Å²) in [6, 6.07) is 0. The molecule has 0 aromatic rings. The maximum absolute atomic E-state index is 8.79. The van der Waals surface area contributed by atoms with Gasteiger partial charge >= 0.3 is 0 Å². The van der Waals surface area contributed by atoms with Crippen molar-refractivity contribution in [3.05, 3.63) is 0 Å². The van der Waals surface area contributed by atoms with Gasteiger partial charge in [-0.3, -0.25) is 0 Å². The predicted octanol–water partition coefficient (Wildman–Crippen LogP) is 0.121. The van der Waals surface area contributed by atoms with Gasteiger partial charge in [0, 0.05) is 18.7 Å². The summed E-state index contributed by atoms with van der Waals surface area (Å²) in [6.07, 6.45) is 3.89. The Bertz CT molecular complexity index is 120. The van der Waals surface area contributed by atoms with Crippen LogP contribution in [0.5, 0.6) is 0 Å². The van der Waals surface area contributed by atoms with Crippen LogP contribution in [-0.2, 0) is 0 Å². The Morgan fingerprint density at radius 3 is 2.67 bits per heavy atom. The highest BCUT2D eigenvalue weighted by molar-refractivity contribution is 5.07. The fourth-order valence-electron chi connectivity index (χ4n) is 1.72. The first-order valence-electron chi connectivity index (χ1n) is 3.71. The summed E-state index contributed by atoms with van der Waals surface area (Å²) in [4.78, 5) is 0. The van der Waals surface area contributed by atoms with Gasteiger partial charge in [-0.05, 0) is 25.2 Å². The Balaban J connectivity index is 1.93. The molecule has 1 spiro atoms. The summed E-state index contributed by atoms with van der Waals surface area (Å²) in [5, 5.41) is 12.2. The van der Waals surface area contributed by atoms with E-state index in [4.69, 9.17) is 5.11 Å². The first kappa shape index (κ1) is 5.69. The number of aliphatic hydroxyl groups is 1. The molecule has 2 heteroatoms. The maximum atomic E-state index is 8.79. The molecule has 1 saturated carbocycles. The van der Waals surface area contributed by atoms with E-state index in [0.29, 0.717) is 18.1 Å². The van der Waals surface area contributed by atoms with Gasteiger partial charge in [-0.1, -0.05) is 0 Å². The zero-order chi connectivity index (χ0) is 6.32. The van der Waals surface area contributed by atoms with E-state index in [1.807, 2.05) is 0 Å². The van der Waals surface area contributed by atoms with Crippen molar-refractivity contribution in [2.75, 3.05) is 13.2 Å². The Morgan fingerprint density at radius 2 is 2.33 bits per heavy atom. The molecule has 2 rings (SSSR count). The molecule has 0 aromatic carbocycles. The minimum absolute atomic E-state index is 0.370. The molecular formula is C7H13NO. The van der Waals surface area contributed by atoms with E-state index in [-0.39, 0.29) is 0 Å². The average molecular weight is 127 g/mol.